The van der Waals surface area contributed by atoms with E-state index in [1.165, 1.54) is 31.2 Å². The topological polar surface area (TPSA) is 29.3 Å². The summed E-state index contributed by atoms with van der Waals surface area (Å²) in [7, 11) is 0. The van der Waals surface area contributed by atoms with Crippen LogP contribution in [-0.2, 0) is 6.42 Å². The van der Waals surface area contributed by atoms with E-state index in [0.717, 1.165) is 31.5 Å². The van der Waals surface area contributed by atoms with Gasteiger partial charge in [0, 0.05) is 12.1 Å². The summed E-state index contributed by atoms with van der Waals surface area (Å²) >= 11 is 0. The Morgan fingerprint density at radius 3 is 2.81 bits per heavy atom. The Morgan fingerprint density at radius 1 is 1.24 bits per heavy atom. The highest BCUT2D eigenvalue weighted by molar-refractivity contribution is 5.35. The van der Waals surface area contributed by atoms with Gasteiger partial charge >= 0.3 is 0 Å². The van der Waals surface area contributed by atoms with Crippen molar-refractivity contribution in [1.82, 2.24) is 4.90 Å². The zero-order valence-electron chi connectivity index (χ0n) is 13.0. The molecule has 0 heterocycles. The lowest BCUT2D eigenvalue weighted by atomic mass is 9.82. The van der Waals surface area contributed by atoms with Gasteiger partial charge in [0.05, 0.1) is 0 Å². The molecule has 2 aliphatic carbocycles. The minimum absolute atomic E-state index is 0.0231. The molecule has 0 aliphatic heterocycles. The van der Waals surface area contributed by atoms with Crippen molar-refractivity contribution in [3.05, 3.63) is 35.1 Å². The third-order valence-electron chi connectivity index (χ3n) is 5.55. The van der Waals surface area contributed by atoms with Gasteiger partial charge in [-0.15, -0.1) is 0 Å². The van der Waals surface area contributed by atoms with E-state index in [9.17, 15) is 4.39 Å². The number of hydrogen-bond acceptors (Lipinski definition) is 2. The highest BCUT2D eigenvalue weighted by atomic mass is 19.1. The molecule has 2 N–H and O–H groups in total. The van der Waals surface area contributed by atoms with Crippen molar-refractivity contribution < 1.29 is 4.39 Å². The molecular formula is C18H27FN2. The molecule has 116 valence electrons. The second-order valence-electron chi connectivity index (χ2n) is 6.54. The maximum absolute atomic E-state index is 14.0. The maximum atomic E-state index is 14.0. The van der Waals surface area contributed by atoms with Crippen molar-refractivity contribution >= 4 is 0 Å². The molecule has 3 heteroatoms. The van der Waals surface area contributed by atoms with Crippen LogP contribution in [0.15, 0.2) is 18.2 Å². The van der Waals surface area contributed by atoms with Crippen molar-refractivity contribution in [3.8, 4) is 0 Å². The van der Waals surface area contributed by atoms with Gasteiger partial charge in [0.2, 0.25) is 0 Å². The SMILES string of the molecule is CCN(C1CCc2c(F)cccc21)C1CCCCC1CN. The Hall–Kier alpha value is -0.930. The van der Waals surface area contributed by atoms with Crippen LogP contribution >= 0.6 is 0 Å². The lowest BCUT2D eigenvalue weighted by Gasteiger charge is -2.42. The molecule has 0 saturated heterocycles. The highest BCUT2D eigenvalue weighted by Crippen LogP contribution is 2.41. The Balaban J connectivity index is 1.86. The third kappa shape index (κ3) is 2.74. The Morgan fingerprint density at radius 2 is 2.05 bits per heavy atom. The summed E-state index contributed by atoms with van der Waals surface area (Å²) in [5.41, 5.74) is 8.18. The molecule has 1 aromatic carbocycles. The number of hydrogen-bond donors (Lipinski definition) is 1. The van der Waals surface area contributed by atoms with Crippen LogP contribution in [0.25, 0.3) is 0 Å². The van der Waals surface area contributed by atoms with Crippen LogP contribution < -0.4 is 5.73 Å². The number of halogens is 1. The third-order valence-corrected chi connectivity index (χ3v) is 5.55. The van der Waals surface area contributed by atoms with E-state index in [1.54, 1.807) is 6.07 Å². The molecule has 0 radical (unpaired) electrons. The van der Waals surface area contributed by atoms with E-state index >= 15 is 0 Å². The van der Waals surface area contributed by atoms with Gasteiger partial charge in [-0.3, -0.25) is 4.90 Å². The number of nitrogens with two attached hydrogens (primary N) is 1. The first-order chi connectivity index (χ1) is 10.3. The summed E-state index contributed by atoms with van der Waals surface area (Å²) in [6, 6.07) is 6.55. The van der Waals surface area contributed by atoms with E-state index in [4.69, 9.17) is 5.73 Å². The number of benzene rings is 1. The minimum Gasteiger partial charge on any atom is -0.330 e. The molecule has 1 fully saturated rings. The van der Waals surface area contributed by atoms with E-state index in [-0.39, 0.29) is 5.82 Å². The number of nitrogens with zero attached hydrogens (tertiary/aromatic N) is 1. The lowest BCUT2D eigenvalue weighted by molar-refractivity contribution is 0.0701. The second-order valence-corrected chi connectivity index (χ2v) is 6.54. The summed E-state index contributed by atoms with van der Waals surface area (Å²) in [4.78, 5) is 2.61. The first-order valence-corrected chi connectivity index (χ1v) is 8.49. The van der Waals surface area contributed by atoms with Gasteiger partial charge in [-0.05, 0) is 61.9 Å². The van der Waals surface area contributed by atoms with Gasteiger partial charge in [-0.25, -0.2) is 4.39 Å². The number of fused-ring (bicyclic) bond motifs is 1. The van der Waals surface area contributed by atoms with Crippen LogP contribution in [0.3, 0.4) is 0 Å². The summed E-state index contributed by atoms with van der Waals surface area (Å²) in [6.45, 7) is 4.05. The zero-order chi connectivity index (χ0) is 14.8. The zero-order valence-corrected chi connectivity index (χ0v) is 13.0. The fourth-order valence-corrected chi connectivity index (χ4v) is 4.52. The van der Waals surface area contributed by atoms with Crippen molar-refractivity contribution in [3.63, 3.8) is 0 Å². The van der Waals surface area contributed by atoms with Crippen LogP contribution in [0.4, 0.5) is 4.39 Å². The highest BCUT2D eigenvalue weighted by Gasteiger charge is 2.36. The summed E-state index contributed by atoms with van der Waals surface area (Å²) in [5, 5.41) is 0. The number of rotatable bonds is 4. The molecule has 1 saturated carbocycles. The Kier molecular flexibility index (Phi) is 4.60. The fourth-order valence-electron chi connectivity index (χ4n) is 4.52. The van der Waals surface area contributed by atoms with Crippen molar-refractivity contribution in [2.45, 2.75) is 57.5 Å². The van der Waals surface area contributed by atoms with Crippen LogP contribution in [0, 0.1) is 11.7 Å². The first-order valence-electron chi connectivity index (χ1n) is 8.49. The average molecular weight is 290 g/mol. The predicted molar refractivity (Wildman–Crippen MR) is 84.6 cm³/mol. The molecule has 0 amide bonds. The largest absolute Gasteiger partial charge is 0.330 e. The minimum atomic E-state index is -0.0231. The molecule has 1 aromatic rings. The molecule has 2 nitrogen and oxygen atoms in total. The van der Waals surface area contributed by atoms with Crippen LogP contribution in [0.5, 0.6) is 0 Å². The average Bonchev–Trinajstić information content (AvgIpc) is 2.94. The normalized spacial score (nSPS) is 28.9. The smallest absolute Gasteiger partial charge is 0.126 e. The molecule has 21 heavy (non-hydrogen) atoms. The molecule has 3 rings (SSSR count). The van der Waals surface area contributed by atoms with Gasteiger partial charge in [0.25, 0.3) is 0 Å². The first kappa shape index (κ1) is 15.0. The summed E-state index contributed by atoms with van der Waals surface area (Å²) in [6.07, 6.45) is 7.05. The fraction of sp³-hybridized carbons (Fsp3) is 0.667. The van der Waals surface area contributed by atoms with Gasteiger partial charge in [-0.2, -0.15) is 0 Å². The predicted octanol–water partition coefficient (Wildman–Crippen LogP) is 3.65. The summed E-state index contributed by atoms with van der Waals surface area (Å²) in [5.74, 6) is 0.585. The lowest BCUT2D eigenvalue weighted by Crippen LogP contribution is -2.46. The molecule has 0 aromatic heterocycles. The van der Waals surface area contributed by atoms with Crippen LogP contribution in [0.2, 0.25) is 0 Å². The van der Waals surface area contributed by atoms with E-state index in [0.29, 0.717) is 18.0 Å². The second kappa shape index (κ2) is 6.45. The van der Waals surface area contributed by atoms with E-state index in [2.05, 4.69) is 17.9 Å². The summed E-state index contributed by atoms with van der Waals surface area (Å²) < 4.78 is 14.0. The standard InChI is InChI=1S/C18H27FN2/c1-2-21(17-9-4-3-6-13(17)12-20)18-11-10-14-15(18)7-5-8-16(14)19/h5,7-8,13,17-18H,2-4,6,9-12,20H2,1H3. The Labute approximate surface area is 127 Å². The molecular weight excluding hydrogens is 263 g/mol. The molecule has 3 unspecified atom stereocenters. The van der Waals surface area contributed by atoms with Gasteiger partial charge < -0.3 is 5.73 Å². The van der Waals surface area contributed by atoms with Gasteiger partial charge in [0.1, 0.15) is 5.82 Å². The molecule has 0 bridgehead atoms. The molecule has 0 spiro atoms. The van der Waals surface area contributed by atoms with Gasteiger partial charge in [-0.1, -0.05) is 31.9 Å². The molecule has 3 atom stereocenters. The van der Waals surface area contributed by atoms with Crippen molar-refractivity contribution in [1.29, 1.82) is 0 Å². The maximum Gasteiger partial charge on any atom is 0.126 e. The Bertz CT molecular complexity index is 488. The quantitative estimate of drug-likeness (QED) is 0.917. The van der Waals surface area contributed by atoms with Gasteiger partial charge in [0.15, 0.2) is 0 Å². The van der Waals surface area contributed by atoms with Crippen LogP contribution in [-0.4, -0.2) is 24.0 Å². The molecule has 2 aliphatic rings. The van der Waals surface area contributed by atoms with Crippen molar-refractivity contribution in [2.24, 2.45) is 11.7 Å². The van der Waals surface area contributed by atoms with E-state index in [1.807, 2.05) is 6.07 Å². The van der Waals surface area contributed by atoms with Crippen molar-refractivity contribution in [2.75, 3.05) is 13.1 Å². The van der Waals surface area contributed by atoms with Crippen LogP contribution in [0.1, 0.15) is 56.2 Å². The monoisotopic (exact) mass is 290 g/mol. The van der Waals surface area contributed by atoms with E-state index < -0.39 is 0 Å².